The topological polar surface area (TPSA) is 17.1 Å². The molecule has 110 valence electrons. The molecule has 0 aliphatic heterocycles. The van der Waals surface area contributed by atoms with E-state index in [0.717, 1.165) is 16.0 Å². The van der Waals surface area contributed by atoms with Crippen LogP contribution in [-0.4, -0.2) is 5.78 Å². The van der Waals surface area contributed by atoms with Crippen LogP contribution in [0.4, 0.5) is 0 Å². The van der Waals surface area contributed by atoms with Crippen molar-refractivity contribution in [1.29, 1.82) is 0 Å². The molecule has 0 N–H and O–H groups in total. The van der Waals surface area contributed by atoms with Gasteiger partial charge in [-0.15, -0.1) is 11.3 Å². The highest BCUT2D eigenvalue weighted by molar-refractivity contribution is 7.10. The molecule has 0 radical (unpaired) electrons. The third kappa shape index (κ3) is 4.06. The Balaban J connectivity index is 1.86. The molecule has 0 spiro atoms. The van der Waals surface area contributed by atoms with E-state index >= 15 is 0 Å². The summed E-state index contributed by atoms with van der Waals surface area (Å²) in [6.07, 6.45) is 3.45. The Bertz CT molecular complexity index is 878. The molecular formula is C21H14OS. The van der Waals surface area contributed by atoms with Crippen molar-refractivity contribution < 1.29 is 4.79 Å². The Morgan fingerprint density at radius 3 is 2.43 bits per heavy atom. The lowest BCUT2D eigenvalue weighted by molar-refractivity contribution is 0.104. The van der Waals surface area contributed by atoms with Crippen LogP contribution in [0.5, 0.6) is 0 Å². The van der Waals surface area contributed by atoms with E-state index in [1.165, 1.54) is 0 Å². The number of thiophene rings is 1. The predicted molar refractivity (Wildman–Crippen MR) is 96.5 cm³/mol. The number of rotatable bonds is 3. The van der Waals surface area contributed by atoms with E-state index in [2.05, 4.69) is 11.8 Å². The highest BCUT2D eigenvalue weighted by Crippen LogP contribution is 2.13. The monoisotopic (exact) mass is 314 g/mol. The van der Waals surface area contributed by atoms with Crippen LogP contribution in [0.2, 0.25) is 0 Å². The second-order valence-electron chi connectivity index (χ2n) is 4.87. The Kier molecular flexibility index (Phi) is 4.83. The van der Waals surface area contributed by atoms with Gasteiger partial charge in [-0.05, 0) is 47.9 Å². The van der Waals surface area contributed by atoms with Crippen LogP contribution in [0.15, 0.2) is 78.2 Å². The summed E-state index contributed by atoms with van der Waals surface area (Å²) in [5.74, 6) is 6.17. The Morgan fingerprint density at radius 1 is 0.870 bits per heavy atom. The highest BCUT2D eigenvalue weighted by atomic mass is 32.1. The summed E-state index contributed by atoms with van der Waals surface area (Å²) in [5, 5.41) is 1.99. The standard InChI is InChI=1S/C21H14OS/c22-21(15-14-19-10-6-16-23-19)20-11-5-4-9-18(20)13-12-17-7-2-1-3-8-17/h1-11,14-16H/b15-14+. The number of carbonyl (C=O) groups is 1. The first-order valence-corrected chi connectivity index (χ1v) is 8.13. The number of allylic oxidation sites excluding steroid dienone is 1. The van der Waals surface area contributed by atoms with Crippen molar-refractivity contribution in [3.8, 4) is 11.8 Å². The van der Waals surface area contributed by atoms with Gasteiger partial charge in [-0.25, -0.2) is 0 Å². The van der Waals surface area contributed by atoms with Gasteiger partial charge in [0, 0.05) is 21.6 Å². The van der Waals surface area contributed by atoms with E-state index in [9.17, 15) is 4.79 Å². The number of carbonyl (C=O) groups excluding carboxylic acids is 1. The van der Waals surface area contributed by atoms with Crippen LogP contribution >= 0.6 is 11.3 Å². The number of hydrogen-bond donors (Lipinski definition) is 0. The average Bonchev–Trinajstić information content (AvgIpc) is 3.12. The molecule has 1 heterocycles. The maximum Gasteiger partial charge on any atom is 0.187 e. The van der Waals surface area contributed by atoms with Crippen LogP contribution in [-0.2, 0) is 0 Å². The van der Waals surface area contributed by atoms with Crippen molar-refractivity contribution in [2.45, 2.75) is 0 Å². The normalized spacial score (nSPS) is 10.3. The Labute approximate surface area is 139 Å². The van der Waals surface area contributed by atoms with E-state index in [4.69, 9.17) is 0 Å². The van der Waals surface area contributed by atoms with Gasteiger partial charge in [-0.1, -0.05) is 48.2 Å². The van der Waals surface area contributed by atoms with Crippen molar-refractivity contribution >= 4 is 23.2 Å². The maximum atomic E-state index is 12.4. The van der Waals surface area contributed by atoms with Gasteiger partial charge in [-0.2, -0.15) is 0 Å². The molecule has 0 saturated carbocycles. The van der Waals surface area contributed by atoms with Gasteiger partial charge in [0.15, 0.2) is 5.78 Å². The number of ketones is 1. The van der Waals surface area contributed by atoms with Gasteiger partial charge in [0.25, 0.3) is 0 Å². The molecule has 0 aliphatic rings. The summed E-state index contributed by atoms with van der Waals surface area (Å²) in [4.78, 5) is 13.5. The van der Waals surface area contributed by atoms with Crippen LogP contribution in [0, 0.1) is 11.8 Å². The molecule has 23 heavy (non-hydrogen) atoms. The number of benzene rings is 2. The quantitative estimate of drug-likeness (QED) is 0.376. The zero-order valence-electron chi connectivity index (χ0n) is 12.4. The summed E-state index contributed by atoms with van der Waals surface area (Å²) in [6, 6.07) is 21.2. The van der Waals surface area contributed by atoms with Gasteiger partial charge in [0.05, 0.1) is 0 Å². The van der Waals surface area contributed by atoms with Crippen molar-refractivity contribution in [2.75, 3.05) is 0 Å². The van der Waals surface area contributed by atoms with E-state index in [1.807, 2.05) is 78.2 Å². The lowest BCUT2D eigenvalue weighted by atomic mass is 10.0. The van der Waals surface area contributed by atoms with Crippen LogP contribution in [0.1, 0.15) is 26.4 Å². The predicted octanol–water partition coefficient (Wildman–Crippen LogP) is 5.04. The molecule has 0 aliphatic carbocycles. The third-order valence-electron chi connectivity index (χ3n) is 3.25. The first-order chi connectivity index (χ1) is 11.3. The molecule has 0 amide bonds. The molecule has 1 nitrogen and oxygen atoms in total. The Morgan fingerprint density at radius 2 is 1.65 bits per heavy atom. The lowest BCUT2D eigenvalue weighted by Gasteiger charge is -1.99. The summed E-state index contributed by atoms with van der Waals surface area (Å²) in [7, 11) is 0. The summed E-state index contributed by atoms with van der Waals surface area (Å²) < 4.78 is 0. The second kappa shape index (κ2) is 7.40. The molecule has 0 unspecified atom stereocenters. The molecule has 3 aromatic rings. The summed E-state index contributed by atoms with van der Waals surface area (Å²) >= 11 is 1.60. The summed E-state index contributed by atoms with van der Waals surface area (Å²) in [6.45, 7) is 0. The molecule has 0 atom stereocenters. The Hall–Kier alpha value is -2.89. The second-order valence-corrected chi connectivity index (χ2v) is 5.85. The fourth-order valence-corrected chi connectivity index (χ4v) is 2.72. The van der Waals surface area contributed by atoms with Crippen molar-refractivity contribution in [3.05, 3.63) is 99.8 Å². The molecule has 0 saturated heterocycles. The van der Waals surface area contributed by atoms with E-state index < -0.39 is 0 Å². The molecule has 0 fully saturated rings. The zero-order valence-corrected chi connectivity index (χ0v) is 13.2. The maximum absolute atomic E-state index is 12.4. The minimum absolute atomic E-state index is 0.0311. The fourth-order valence-electron chi connectivity index (χ4n) is 2.10. The van der Waals surface area contributed by atoms with Crippen molar-refractivity contribution in [2.24, 2.45) is 0 Å². The molecular weight excluding hydrogens is 300 g/mol. The smallest absolute Gasteiger partial charge is 0.187 e. The molecule has 1 aromatic heterocycles. The lowest BCUT2D eigenvalue weighted by Crippen LogP contribution is -1.97. The van der Waals surface area contributed by atoms with Gasteiger partial charge in [-0.3, -0.25) is 4.79 Å². The molecule has 2 aromatic carbocycles. The highest BCUT2D eigenvalue weighted by Gasteiger charge is 2.06. The number of hydrogen-bond acceptors (Lipinski definition) is 2. The molecule has 0 bridgehead atoms. The molecule has 3 rings (SSSR count). The minimum Gasteiger partial charge on any atom is -0.289 e. The van der Waals surface area contributed by atoms with E-state index in [-0.39, 0.29) is 5.78 Å². The van der Waals surface area contributed by atoms with Gasteiger partial charge >= 0.3 is 0 Å². The van der Waals surface area contributed by atoms with Gasteiger partial charge in [0.1, 0.15) is 0 Å². The first kappa shape index (κ1) is 15.0. The van der Waals surface area contributed by atoms with Crippen molar-refractivity contribution in [1.82, 2.24) is 0 Å². The van der Waals surface area contributed by atoms with Crippen LogP contribution in [0.3, 0.4) is 0 Å². The van der Waals surface area contributed by atoms with E-state index in [0.29, 0.717) is 5.56 Å². The zero-order chi connectivity index (χ0) is 15.9. The van der Waals surface area contributed by atoms with Gasteiger partial charge in [0.2, 0.25) is 0 Å². The third-order valence-corrected chi connectivity index (χ3v) is 4.09. The van der Waals surface area contributed by atoms with Crippen LogP contribution in [0.25, 0.3) is 6.08 Å². The average molecular weight is 314 g/mol. The minimum atomic E-state index is -0.0311. The van der Waals surface area contributed by atoms with Crippen LogP contribution < -0.4 is 0 Å². The van der Waals surface area contributed by atoms with E-state index in [1.54, 1.807) is 17.4 Å². The first-order valence-electron chi connectivity index (χ1n) is 7.25. The summed E-state index contributed by atoms with van der Waals surface area (Å²) in [5.41, 5.74) is 2.31. The van der Waals surface area contributed by atoms with Gasteiger partial charge < -0.3 is 0 Å². The van der Waals surface area contributed by atoms with Crippen molar-refractivity contribution in [3.63, 3.8) is 0 Å². The SMILES string of the molecule is O=C(/C=C/c1cccs1)c1ccccc1C#Cc1ccccc1. The fraction of sp³-hybridized carbons (Fsp3) is 0. The largest absolute Gasteiger partial charge is 0.289 e. The molecule has 2 heteroatoms.